The van der Waals surface area contributed by atoms with E-state index in [0.717, 1.165) is 32.3 Å². The Balaban J connectivity index is 2.48. The number of rotatable bonds is 3. The topological polar surface area (TPSA) is 39.8 Å². The maximum absolute atomic E-state index is 12.1. The van der Waals surface area contributed by atoms with Crippen LogP contribution in [0.5, 0.6) is 0 Å². The van der Waals surface area contributed by atoms with E-state index in [9.17, 15) is 4.79 Å². The zero-order valence-corrected chi connectivity index (χ0v) is 14.2. The molecule has 19 heavy (non-hydrogen) atoms. The van der Waals surface area contributed by atoms with Crippen LogP contribution in [0, 0.1) is 6.92 Å². The maximum Gasteiger partial charge on any atom is 0.253 e. The third-order valence-corrected chi connectivity index (χ3v) is 4.40. The molecule has 0 aliphatic rings. The Bertz CT molecular complexity index is 673. The highest BCUT2D eigenvalue weighted by molar-refractivity contribution is 9.10. The lowest BCUT2D eigenvalue weighted by atomic mass is 10.3. The van der Waals surface area contributed by atoms with Gasteiger partial charge in [-0.1, -0.05) is 6.92 Å². The summed E-state index contributed by atoms with van der Waals surface area (Å²) in [6.45, 7) is 4.38. The lowest BCUT2D eigenvalue weighted by molar-refractivity contribution is 0.645. The van der Waals surface area contributed by atoms with Crippen molar-refractivity contribution < 1.29 is 0 Å². The summed E-state index contributed by atoms with van der Waals surface area (Å²) < 4.78 is 5.41. The van der Waals surface area contributed by atoms with Crippen molar-refractivity contribution >= 4 is 31.9 Å². The first kappa shape index (κ1) is 14.5. The fourth-order valence-corrected chi connectivity index (χ4v) is 3.34. The summed E-state index contributed by atoms with van der Waals surface area (Å²) >= 11 is 6.99. The number of aromatic nitrogens is 3. The van der Waals surface area contributed by atoms with Crippen LogP contribution in [0.3, 0.4) is 0 Å². The molecule has 0 N–H and O–H groups in total. The minimum absolute atomic E-state index is 0.0225. The van der Waals surface area contributed by atoms with Crippen LogP contribution in [0.2, 0.25) is 0 Å². The van der Waals surface area contributed by atoms with E-state index in [1.54, 1.807) is 10.8 Å². The van der Waals surface area contributed by atoms with Crippen LogP contribution in [-0.2, 0) is 20.0 Å². The largest absolute Gasteiger partial charge is 0.308 e. The predicted octanol–water partition coefficient (Wildman–Crippen LogP) is 3.03. The van der Waals surface area contributed by atoms with E-state index < -0.39 is 0 Å². The maximum atomic E-state index is 12.1. The van der Waals surface area contributed by atoms with Gasteiger partial charge < -0.3 is 4.57 Å². The van der Waals surface area contributed by atoms with Crippen molar-refractivity contribution in [1.82, 2.24) is 14.3 Å². The van der Waals surface area contributed by atoms with E-state index in [0.29, 0.717) is 6.54 Å². The number of hydrogen-bond donors (Lipinski definition) is 0. The molecule has 2 aromatic heterocycles. The minimum Gasteiger partial charge on any atom is -0.308 e. The molecule has 0 aromatic carbocycles. The standard InChI is InChI=1S/C13H15Br2N3O/c1-4-10-12(15)11(17(3)16-10)7-18-6-9(14)5-8(2)13(18)19/h5-6H,4,7H2,1-3H3. The Labute approximate surface area is 128 Å². The molecule has 0 spiro atoms. The summed E-state index contributed by atoms with van der Waals surface area (Å²) in [6.07, 6.45) is 2.67. The molecule has 0 radical (unpaired) electrons. The second-order valence-corrected chi connectivity index (χ2v) is 6.17. The van der Waals surface area contributed by atoms with Gasteiger partial charge in [-0.15, -0.1) is 0 Å². The predicted molar refractivity (Wildman–Crippen MR) is 82.5 cm³/mol. The molecule has 0 atom stereocenters. The molecule has 0 bridgehead atoms. The molecule has 2 rings (SSSR count). The first-order chi connectivity index (χ1) is 8.93. The Hall–Kier alpha value is -0.880. The van der Waals surface area contributed by atoms with Crippen LogP contribution >= 0.6 is 31.9 Å². The van der Waals surface area contributed by atoms with Crippen molar-refractivity contribution in [2.75, 3.05) is 0 Å². The number of nitrogens with zero attached hydrogens (tertiary/aromatic N) is 3. The molecule has 2 heterocycles. The average molecular weight is 389 g/mol. The van der Waals surface area contributed by atoms with Crippen molar-refractivity contribution in [3.63, 3.8) is 0 Å². The Morgan fingerprint density at radius 1 is 1.37 bits per heavy atom. The van der Waals surface area contributed by atoms with Gasteiger partial charge in [-0.25, -0.2) is 0 Å². The van der Waals surface area contributed by atoms with E-state index >= 15 is 0 Å². The van der Waals surface area contributed by atoms with Gasteiger partial charge in [0, 0.05) is 23.3 Å². The van der Waals surface area contributed by atoms with Crippen LogP contribution in [0.25, 0.3) is 0 Å². The van der Waals surface area contributed by atoms with Crippen LogP contribution in [0.15, 0.2) is 26.0 Å². The highest BCUT2D eigenvalue weighted by Gasteiger charge is 2.14. The van der Waals surface area contributed by atoms with Crippen LogP contribution in [0.4, 0.5) is 0 Å². The minimum atomic E-state index is 0.0225. The molecule has 0 aliphatic carbocycles. The molecule has 2 aromatic rings. The molecule has 0 saturated heterocycles. The zero-order valence-electron chi connectivity index (χ0n) is 11.1. The molecule has 0 aliphatic heterocycles. The fourth-order valence-electron chi connectivity index (χ4n) is 2.01. The molecule has 0 saturated carbocycles. The number of aryl methyl sites for hydroxylation is 3. The molecule has 102 valence electrons. The summed E-state index contributed by atoms with van der Waals surface area (Å²) in [5.41, 5.74) is 2.76. The smallest absolute Gasteiger partial charge is 0.253 e. The second-order valence-electron chi connectivity index (χ2n) is 4.46. The number of halogens is 2. The highest BCUT2D eigenvalue weighted by Crippen LogP contribution is 2.22. The van der Waals surface area contributed by atoms with Crippen LogP contribution < -0.4 is 5.56 Å². The lowest BCUT2D eigenvalue weighted by Gasteiger charge is -2.08. The third kappa shape index (κ3) is 2.84. The molecular formula is C13H15Br2N3O. The van der Waals surface area contributed by atoms with Crippen molar-refractivity contribution in [2.24, 2.45) is 7.05 Å². The van der Waals surface area contributed by atoms with Gasteiger partial charge >= 0.3 is 0 Å². The van der Waals surface area contributed by atoms with E-state index in [-0.39, 0.29) is 5.56 Å². The van der Waals surface area contributed by atoms with E-state index in [1.165, 1.54) is 0 Å². The molecule has 0 unspecified atom stereocenters. The lowest BCUT2D eigenvalue weighted by Crippen LogP contribution is -2.23. The number of hydrogen-bond acceptors (Lipinski definition) is 2. The van der Waals surface area contributed by atoms with E-state index in [4.69, 9.17) is 0 Å². The summed E-state index contributed by atoms with van der Waals surface area (Å²) in [5, 5.41) is 4.44. The molecule has 0 amide bonds. The Morgan fingerprint density at radius 2 is 2.05 bits per heavy atom. The Kier molecular flexibility index (Phi) is 4.30. The van der Waals surface area contributed by atoms with Crippen LogP contribution in [0.1, 0.15) is 23.9 Å². The van der Waals surface area contributed by atoms with Gasteiger partial charge in [-0.2, -0.15) is 5.10 Å². The summed E-state index contributed by atoms with van der Waals surface area (Å²) in [6, 6.07) is 1.83. The molecule has 6 heteroatoms. The quantitative estimate of drug-likeness (QED) is 0.810. The zero-order chi connectivity index (χ0) is 14.2. The van der Waals surface area contributed by atoms with Crippen molar-refractivity contribution in [2.45, 2.75) is 26.8 Å². The summed E-state index contributed by atoms with van der Waals surface area (Å²) in [5.74, 6) is 0. The second kappa shape index (κ2) is 5.63. The fraction of sp³-hybridized carbons (Fsp3) is 0.385. The van der Waals surface area contributed by atoms with Gasteiger partial charge in [0.05, 0.1) is 22.4 Å². The third-order valence-electron chi connectivity index (χ3n) is 3.05. The first-order valence-electron chi connectivity index (χ1n) is 6.00. The normalized spacial score (nSPS) is 11.0. The van der Waals surface area contributed by atoms with Crippen LogP contribution in [-0.4, -0.2) is 14.3 Å². The van der Waals surface area contributed by atoms with Gasteiger partial charge in [-0.3, -0.25) is 9.48 Å². The van der Waals surface area contributed by atoms with Gasteiger partial charge in [0.1, 0.15) is 0 Å². The SMILES string of the molecule is CCc1nn(C)c(Cn2cc(Br)cc(C)c2=O)c1Br. The molecule has 4 nitrogen and oxygen atoms in total. The average Bonchev–Trinajstić information content (AvgIpc) is 2.62. The summed E-state index contributed by atoms with van der Waals surface area (Å²) in [4.78, 5) is 12.1. The van der Waals surface area contributed by atoms with Crippen molar-refractivity contribution in [3.8, 4) is 0 Å². The highest BCUT2D eigenvalue weighted by atomic mass is 79.9. The van der Waals surface area contributed by atoms with E-state index in [2.05, 4.69) is 43.9 Å². The van der Waals surface area contributed by atoms with Crippen molar-refractivity contribution in [1.29, 1.82) is 0 Å². The van der Waals surface area contributed by atoms with Gasteiger partial charge in [0.25, 0.3) is 5.56 Å². The van der Waals surface area contributed by atoms with Gasteiger partial charge in [-0.05, 0) is 51.3 Å². The number of pyridine rings is 1. The van der Waals surface area contributed by atoms with Gasteiger partial charge in [0.2, 0.25) is 0 Å². The van der Waals surface area contributed by atoms with E-state index in [1.807, 2.05) is 24.7 Å². The Morgan fingerprint density at radius 3 is 2.63 bits per heavy atom. The molecular weight excluding hydrogens is 374 g/mol. The van der Waals surface area contributed by atoms with Crippen molar-refractivity contribution in [3.05, 3.63) is 48.5 Å². The molecule has 0 fully saturated rings. The first-order valence-corrected chi connectivity index (χ1v) is 7.59. The monoisotopic (exact) mass is 387 g/mol. The van der Waals surface area contributed by atoms with Gasteiger partial charge in [0.15, 0.2) is 0 Å². The summed E-state index contributed by atoms with van der Waals surface area (Å²) in [7, 11) is 1.90.